The van der Waals surface area contributed by atoms with Crippen LogP contribution in [0.1, 0.15) is 12.8 Å². The highest BCUT2D eigenvalue weighted by Gasteiger charge is 2.41. The van der Waals surface area contributed by atoms with Gasteiger partial charge in [-0.05, 0) is 31.0 Å². The molecule has 2 aliphatic heterocycles. The minimum Gasteiger partial charge on any atom is -0.495 e. The van der Waals surface area contributed by atoms with Gasteiger partial charge in [0.1, 0.15) is 22.4 Å². The number of hydrogen-bond donors (Lipinski definition) is 2. The van der Waals surface area contributed by atoms with Crippen LogP contribution in [0.2, 0.25) is 5.02 Å². The number of amides is 2. The van der Waals surface area contributed by atoms with Crippen molar-refractivity contribution < 1.29 is 27.5 Å². The van der Waals surface area contributed by atoms with Crippen LogP contribution in [-0.4, -0.2) is 50.8 Å². The lowest BCUT2D eigenvalue weighted by atomic mass is 10.2. The summed E-state index contributed by atoms with van der Waals surface area (Å²) in [5.74, 6) is -0.132. The summed E-state index contributed by atoms with van der Waals surface area (Å²) in [6.45, 7) is -0.0425. The Kier molecular flexibility index (Phi) is 5.78. The Morgan fingerprint density at radius 1 is 1.32 bits per heavy atom. The molecular weight excluding hydrogens is 446 g/mol. The zero-order chi connectivity index (χ0) is 22.2. The molecule has 0 aliphatic carbocycles. The van der Waals surface area contributed by atoms with Gasteiger partial charge in [-0.15, -0.1) is 0 Å². The summed E-state index contributed by atoms with van der Waals surface area (Å²) in [5.41, 5.74) is 0.752. The van der Waals surface area contributed by atoms with E-state index in [1.54, 1.807) is 24.3 Å². The first kappa shape index (κ1) is 21.4. The van der Waals surface area contributed by atoms with Gasteiger partial charge < -0.3 is 20.1 Å². The van der Waals surface area contributed by atoms with E-state index in [4.69, 9.17) is 21.1 Å². The number of fused-ring (bicyclic) bond motifs is 1. The first-order chi connectivity index (χ1) is 14.8. The van der Waals surface area contributed by atoms with Gasteiger partial charge >= 0.3 is 0 Å². The van der Waals surface area contributed by atoms with E-state index in [1.165, 1.54) is 19.2 Å². The normalized spacial score (nSPS) is 18.6. The fourth-order valence-electron chi connectivity index (χ4n) is 3.66. The molecule has 164 valence electrons. The predicted molar refractivity (Wildman–Crippen MR) is 114 cm³/mol. The van der Waals surface area contributed by atoms with E-state index < -0.39 is 22.0 Å². The number of halogens is 1. The number of anilines is 2. The molecule has 2 N–H and O–H groups in total. The Morgan fingerprint density at radius 3 is 2.87 bits per heavy atom. The van der Waals surface area contributed by atoms with Crippen molar-refractivity contribution in [2.75, 3.05) is 30.9 Å². The molecule has 0 radical (unpaired) electrons. The van der Waals surface area contributed by atoms with Crippen LogP contribution in [0.15, 0.2) is 41.3 Å². The Bertz CT molecular complexity index is 1150. The van der Waals surface area contributed by atoms with E-state index in [9.17, 15) is 18.0 Å². The average Bonchev–Trinajstić information content (AvgIpc) is 3.24. The molecule has 4 rings (SSSR count). The molecule has 0 spiro atoms. The van der Waals surface area contributed by atoms with Gasteiger partial charge in [0.25, 0.3) is 5.91 Å². The van der Waals surface area contributed by atoms with Crippen molar-refractivity contribution in [1.82, 2.24) is 4.31 Å². The summed E-state index contributed by atoms with van der Waals surface area (Å²) in [5, 5.41) is 5.26. The molecular formula is C20H20ClN3O6S. The number of carbonyl (C=O) groups excluding carboxylic acids is 2. The molecule has 0 saturated carbocycles. The van der Waals surface area contributed by atoms with Gasteiger partial charge in [-0.3, -0.25) is 9.59 Å². The lowest BCUT2D eigenvalue weighted by molar-refractivity contribution is -0.119. The molecule has 31 heavy (non-hydrogen) atoms. The van der Waals surface area contributed by atoms with Crippen molar-refractivity contribution >= 4 is 44.8 Å². The first-order valence-electron chi connectivity index (χ1n) is 9.53. The lowest BCUT2D eigenvalue weighted by Crippen LogP contribution is -2.43. The minimum atomic E-state index is -4.10. The fraction of sp³-hybridized carbons (Fsp3) is 0.300. The largest absolute Gasteiger partial charge is 0.495 e. The number of benzene rings is 2. The molecule has 1 atom stereocenters. The Morgan fingerprint density at radius 2 is 2.10 bits per heavy atom. The number of rotatable bonds is 5. The van der Waals surface area contributed by atoms with Gasteiger partial charge in [-0.25, -0.2) is 8.42 Å². The zero-order valence-corrected chi connectivity index (χ0v) is 18.1. The van der Waals surface area contributed by atoms with Crippen LogP contribution in [0.3, 0.4) is 0 Å². The molecule has 2 aromatic carbocycles. The van der Waals surface area contributed by atoms with Crippen LogP contribution in [0, 0.1) is 0 Å². The van der Waals surface area contributed by atoms with Gasteiger partial charge in [0.05, 0.1) is 23.5 Å². The molecule has 1 fully saturated rings. The smallest absolute Gasteiger partial charge is 0.262 e. The van der Waals surface area contributed by atoms with Crippen LogP contribution in [0.4, 0.5) is 11.4 Å². The molecule has 2 amide bonds. The maximum absolute atomic E-state index is 13.4. The molecule has 2 aromatic rings. The van der Waals surface area contributed by atoms with Crippen LogP contribution < -0.4 is 20.1 Å². The number of hydrogen-bond acceptors (Lipinski definition) is 6. The van der Waals surface area contributed by atoms with Crippen molar-refractivity contribution in [2.24, 2.45) is 0 Å². The summed E-state index contributed by atoms with van der Waals surface area (Å²) in [6, 6.07) is 8.60. The highest BCUT2D eigenvalue weighted by molar-refractivity contribution is 7.89. The summed E-state index contributed by atoms with van der Waals surface area (Å²) in [6.07, 6.45) is 0.897. The van der Waals surface area contributed by atoms with Gasteiger partial charge in [0.15, 0.2) is 6.61 Å². The van der Waals surface area contributed by atoms with Crippen molar-refractivity contribution in [2.45, 2.75) is 23.8 Å². The molecule has 2 heterocycles. The standard InChI is InChI=1S/C20H20ClN3O6S/c1-29-16-7-3-2-5-13(16)23-20(26)15-6-4-8-24(15)31(27,28)18-10-17-14(9-12(18)21)22-19(25)11-30-17/h2-3,5,7,9-10,15H,4,6,8,11H2,1H3,(H,22,25)(H,23,26). The van der Waals surface area contributed by atoms with E-state index in [2.05, 4.69) is 10.6 Å². The monoisotopic (exact) mass is 465 g/mol. The highest BCUT2D eigenvalue weighted by Crippen LogP contribution is 2.38. The van der Waals surface area contributed by atoms with Gasteiger partial charge in [-0.2, -0.15) is 4.31 Å². The van der Waals surface area contributed by atoms with E-state index in [0.717, 1.165) is 4.31 Å². The van der Waals surface area contributed by atoms with Crippen LogP contribution in [0.25, 0.3) is 0 Å². The number of carbonyl (C=O) groups is 2. The average molecular weight is 466 g/mol. The molecule has 1 unspecified atom stereocenters. The van der Waals surface area contributed by atoms with E-state index in [1.807, 2.05) is 0 Å². The summed E-state index contributed by atoms with van der Waals surface area (Å²) >= 11 is 6.24. The summed E-state index contributed by atoms with van der Waals surface area (Å²) in [7, 11) is -2.62. The number of methoxy groups -OCH3 is 1. The second-order valence-corrected chi connectivity index (χ2v) is 9.35. The minimum absolute atomic E-state index is 0.0691. The third-order valence-corrected chi connectivity index (χ3v) is 7.50. The maximum Gasteiger partial charge on any atom is 0.262 e. The molecule has 11 heteroatoms. The van der Waals surface area contributed by atoms with E-state index in [0.29, 0.717) is 30.0 Å². The Hall–Kier alpha value is -2.82. The molecule has 0 bridgehead atoms. The van der Waals surface area contributed by atoms with E-state index >= 15 is 0 Å². The Balaban J connectivity index is 1.62. The van der Waals surface area contributed by atoms with Crippen LogP contribution in [-0.2, 0) is 19.6 Å². The third kappa shape index (κ3) is 4.06. The van der Waals surface area contributed by atoms with E-state index in [-0.39, 0.29) is 34.7 Å². The third-order valence-electron chi connectivity index (χ3n) is 5.12. The maximum atomic E-state index is 13.4. The number of nitrogens with zero attached hydrogens (tertiary/aromatic N) is 1. The van der Waals surface area contributed by atoms with Crippen LogP contribution in [0.5, 0.6) is 11.5 Å². The second kappa shape index (κ2) is 8.37. The molecule has 1 saturated heterocycles. The van der Waals surface area contributed by atoms with Crippen molar-refractivity contribution in [1.29, 1.82) is 0 Å². The van der Waals surface area contributed by atoms with Crippen molar-refractivity contribution in [3.63, 3.8) is 0 Å². The lowest BCUT2D eigenvalue weighted by Gasteiger charge is -2.25. The first-order valence-corrected chi connectivity index (χ1v) is 11.3. The fourth-order valence-corrected chi connectivity index (χ4v) is 5.83. The number of para-hydroxylation sites is 2. The molecule has 9 nitrogen and oxygen atoms in total. The van der Waals surface area contributed by atoms with Crippen LogP contribution >= 0.6 is 11.6 Å². The summed E-state index contributed by atoms with van der Waals surface area (Å²) < 4.78 is 38.5. The highest BCUT2D eigenvalue weighted by atomic mass is 35.5. The van der Waals surface area contributed by atoms with Gasteiger partial charge in [0, 0.05) is 12.6 Å². The predicted octanol–water partition coefficient (Wildman–Crippen LogP) is 2.47. The number of nitrogens with one attached hydrogen (secondary N) is 2. The molecule has 2 aliphatic rings. The molecule has 0 aromatic heterocycles. The number of ether oxygens (including phenoxy) is 2. The van der Waals surface area contributed by atoms with Gasteiger partial charge in [-0.1, -0.05) is 23.7 Å². The second-order valence-electron chi connectivity index (χ2n) is 7.08. The Labute approximate surface area is 184 Å². The topological polar surface area (TPSA) is 114 Å². The van der Waals surface area contributed by atoms with Crippen molar-refractivity contribution in [3.8, 4) is 11.5 Å². The summed E-state index contributed by atoms with van der Waals surface area (Å²) in [4.78, 5) is 24.3. The SMILES string of the molecule is COc1ccccc1NC(=O)C1CCCN1S(=O)(=O)c1cc2c(cc1Cl)NC(=O)CO2. The zero-order valence-electron chi connectivity index (χ0n) is 16.6. The quantitative estimate of drug-likeness (QED) is 0.701. The van der Waals surface area contributed by atoms with Gasteiger partial charge in [0.2, 0.25) is 15.9 Å². The van der Waals surface area contributed by atoms with Crippen molar-refractivity contribution in [3.05, 3.63) is 41.4 Å². The number of sulfonamides is 1.